The topological polar surface area (TPSA) is 49.8 Å². The number of fused-ring (bicyclic) bond motifs is 5. The standard InChI is InChI=1S/C31H59NO3Si2/c1-11-12-18-36(7,8)35-25-20-31(6)24-15-17-30(5)16-13-14-23(30)27(24)22(21-33)19-26(31)32(28(25)34)37(9,10)29(2,3)4/h22-27,33H,11-21H2,1-10H3/t22-,23+,24+,25?,26-,27+,30+,31-/m1/s1. The van der Waals surface area contributed by atoms with Gasteiger partial charge < -0.3 is 14.1 Å². The number of hydrogen-bond acceptors (Lipinski definition) is 3. The van der Waals surface area contributed by atoms with Crippen molar-refractivity contribution in [1.82, 2.24) is 4.57 Å². The normalized spacial score (nSPS) is 40.8. The molecular weight excluding hydrogens is 491 g/mol. The van der Waals surface area contributed by atoms with Gasteiger partial charge in [-0.25, -0.2) is 0 Å². The quantitative estimate of drug-likeness (QED) is 0.329. The number of hydrogen-bond donors (Lipinski definition) is 1. The molecular formula is C31H59NO3Si2. The summed E-state index contributed by atoms with van der Waals surface area (Å²) in [7, 11) is -4.11. The van der Waals surface area contributed by atoms with E-state index in [9.17, 15) is 9.90 Å². The van der Waals surface area contributed by atoms with Gasteiger partial charge in [-0.15, -0.1) is 0 Å². The van der Waals surface area contributed by atoms with Gasteiger partial charge in [-0.3, -0.25) is 4.79 Å². The second-order valence-electron chi connectivity index (χ2n) is 16.3. The molecule has 6 heteroatoms. The molecule has 4 nitrogen and oxygen atoms in total. The van der Waals surface area contributed by atoms with Crippen LogP contribution < -0.4 is 0 Å². The van der Waals surface area contributed by atoms with Gasteiger partial charge in [0.15, 0.2) is 16.6 Å². The number of piperidine rings is 1. The maximum absolute atomic E-state index is 14.6. The van der Waals surface area contributed by atoms with E-state index in [2.05, 4.69) is 72.3 Å². The van der Waals surface area contributed by atoms with E-state index in [-0.39, 0.29) is 35.1 Å². The predicted octanol–water partition coefficient (Wildman–Crippen LogP) is 7.83. The third-order valence-corrected chi connectivity index (χ3v) is 20.4. The van der Waals surface area contributed by atoms with Gasteiger partial charge in [0.2, 0.25) is 5.91 Å². The van der Waals surface area contributed by atoms with E-state index >= 15 is 0 Å². The van der Waals surface area contributed by atoms with Gasteiger partial charge >= 0.3 is 0 Å². The van der Waals surface area contributed by atoms with Crippen molar-refractivity contribution >= 4 is 22.5 Å². The molecule has 0 bridgehead atoms. The number of carbonyl (C=O) groups is 1. The molecule has 1 aliphatic heterocycles. The fraction of sp³-hybridized carbons (Fsp3) is 0.968. The molecule has 4 rings (SSSR count). The van der Waals surface area contributed by atoms with Crippen molar-refractivity contribution in [2.24, 2.45) is 34.5 Å². The lowest BCUT2D eigenvalue weighted by molar-refractivity contribution is -0.177. The molecule has 8 atom stereocenters. The number of amides is 1. The minimum atomic E-state index is -2.17. The number of aliphatic hydroxyl groups is 1. The van der Waals surface area contributed by atoms with Crippen LogP contribution in [-0.4, -0.2) is 50.9 Å². The number of nitrogens with zero attached hydrogens (tertiary/aromatic N) is 1. The lowest BCUT2D eigenvalue weighted by Gasteiger charge is -2.67. The third kappa shape index (κ3) is 4.97. The van der Waals surface area contributed by atoms with E-state index < -0.39 is 16.6 Å². The molecule has 37 heavy (non-hydrogen) atoms. The molecule has 1 N–H and O–H groups in total. The molecule has 1 unspecified atom stereocenters. The van der Waals surface area contributed by atoms with Crippen molar-refractivity contribution in [2.75, 3.05) is 6.61 Å². The highest BCUT2D eigenvalue weighted by Gasteiger charge is 2.66. The van der Waals surface area contributed by atoms with Gasteiger partial charge in [0.25, 0.3) is 0 Å². The first kappa shape index (κ1) is 29.8. The zero-order valence-corrected chi connectivity index (χ0v) is 28.0. The van der Waals surface area contributed by atoms with Crippen LogP contribution in [0.25, 0.3) is 0 Å². The summed E-state index contributed by atoms with van der Waals surface area (Å²) < 4.78 is 9.46. The Kier molecular flexibility index (Phi) is 8.07. The van der Waals surface area contributed by atoms with Crippen LogP contribution in [0.1, 0.15) is 99.3 Å². The molecule has 0 radical (unpaired) electrons. The summed E-state index contributed by atoms with van der Waals surface area (Å²) in [4.78, 5) is 14.6. The molecule has 214 valence electrons. The van der Waals surface area contributed by atoms with Gasteiger partial charge in [-0.05, 0) is 97.2 Å². The summed E-state index contributed by atoms with van der Waals surface area (Å²) >= 11 is 0. The van der Waals surface area contributed by atoms with E-state index in [1.165, 1.54) is 44.9 Å². The Hall–Kier alpha value is -0.176. The lowest BCUT2D eigenvalue weighted by Crippen LogP contribution is -2.74. The second kappa shape index (κ2) is 10.0. The summed E-state index contributed by atoms with van der Waals surface area (Å²) in [6, 6.07) is 1.36. The first-order valence-corrected chi connectivity index (χ1v) is 21.7. The van der Waals surface area contributed by atoms with Crippen LogP contribution in [0.4, 0.5) is 0 Å². The highest BCUT2D eigenvalue weighted by molar-refractivity contribution is 6.79. The third-order valence-electron chi connectivity index (χ3n) is 12.5. The minimum Gasteiger partial charge on any atom is -0.405 e. The van der Waals surface area contributed by atoms with Crippen molar-refractivity contribution in [3.8, 4) is 0 Å². The van der Waals surface area contributed by atoms with Crippen molar-refractivity contribution in [2.45, 2.75) is 149 Å². The summed E-state index contributed by atoms with van der Waals surface area (Å²) in [5, 5.41) is 10.9. The fourth-order valence-electron chi connectivity index (χ4n) is 9.42. The van der Waals surface area contributed by atoms with E-state index in [1.807, 2.05) is 0 Å². The van der Waals surface area contributed by atoms with Crippen LogP contribution in [0, 0.1) is 34.5 Å². The van der Waals surface area contributed by atoms with Crippen LogP contribution in [0.5, 0.6) is 0 Å². The predicted molar refractivity (Wildman–Crippen MR) is 159 cm³/mol. The van der Waals surface area contributed by atoms with E-state index in [0.29, 0.717) is 23.2 Å². The van der Waals surface area contributed by atoms with Crippen molar-refractivity contribution in [3.63, 3.8) is 0 Å². The molecule has 0 aromatic rings. The number of rotatable bonds is 7. The van der Waals surface area contributed by atoms with Crippen molar-refractivity contribution in [3.05, 3.63) is 0 Å². The van der Waals surface area contributed by atoms with E-state index in [4.69, 9.17) is 4.43 Å². The molecule has 4 fully saturated rings. The fourth-order valence-corrected chi connectivity index (χ4v) is 14.3. The van der Waals surface area contributed by atoms with Gasteiger partial charge in [0, 0.05) is 12.6 Å². The lowest BCUT2D eigenvalue weighted by atomic mass is 9.45. The Morgan fingerprint density at radius 1 is 1.08 bits per heavy atom. The van der Waals surface area contributed by atoms with Crippen molar-refractivity contribution in [1.29, 1.82) is 0 Å². The maximum Gasteiger partial charge on any atom is 0.242 e. The first-order chi connectivity index (χ1) is 17.0. The Bertz CT molecular complexity index is 854. The van der Waals surface area contributed by atoms with E-state index in [1.54, 1.807) is 0 Å². The van der Waals surface area contributed by atoms with Gasteiger partial charge in [0.1, 0.15) is 6.10 Å². The molecule has 0 aromatic heterocycles. The molecule has 1 heterocycles. The number of unbranched alkanes of at least 4 members (excludes halogenated alkanes) is 1. The summed E-state index contributed by atoms with van der Waals surface area (Å²) in [6.07, 6.45) is 10.5. The van der Waals surface area contributed by atoms with Crippen LogP contribution in [0.2, 0.25) is 37.3 Å². The molecule has 0 aromatic carbocycles. The summed E-state index contributed by atoms with van der Waals surface area (Å²) in [5.41, 5.74) is 0.510. The average molecular weight is 550 g/mol. The zero-order chi connectivity index (χ0) is 27.6. The SMILES string of the molecule is CCCC[Si](C)(C)OC1C[C@]2(C)[C@H]3CC[C@]4(C)CCC[C@H]4[C@@H]3[C@@H](CO)C[C@H]2N([Si](C)(C)C(C)(C)C)C1=O. The van der Waals surface area contributed by atoms with Crippen LogP contribution >= 0.6 is 0 Å². The number of aliphatic hydroxyl groups excluding tert-OH is 1. The highest BCUT2D eigenvalue weighted by Crippen LogP contribution is 2.67. The van der Waals surface area contributed by atoms with E-state index in [0.717, 1.165) is 24.8 Å². The van der Waals surface area contributed by atoms with Gasteiger partial charge in [-0.1, -0.05) is 73.9 Å². The molecule has 0 spiro atoms. The number of carbonyl (C=O) groups excluding carboxylic acids is 1. The van der Waals surface area contributed by atoms with Gasteiger partial charge in [0.05, 0.1) is 0 Å². The minimum absolute atomic E-state index is 0.0591. The highest BCUT2D eigenvalue weighted by atomic mass is 28.4. The summed E-state index contributed by atoms with van der Waals surface area (Å²) in [5.74, 6) is 2.50. The monoisotopic (exact) mass is 549 g/mol. The van der Waals surface area contributed by atoms with Crippen LogP contribution in [0.3, 0.4) is 0 Å². The Balaban J connectivity index is 1.78. The average Bonchev–Trinajstić information content (AvgIpc) is 3.19. The Morgan fingerprint density at radius 3 is 2.35 bits per heavy atom. The molecule has 4 aliphatic rings. The smallest absolute Gasteiger partial charge is 0.242 e. The van der Waals surface area contributed by atoms with Gasteiger partial charge in [-0.2, -0.15) is 0 Å². The maximum atomic E-state index is 14.6. The van der Waals surface area contributed by atoms with Crippen LogP contribution in [-0.2, 0) is 9.22 Å². The van der Waals surface area contributed by atoms with Crippen molar-refractivity contribution < 1.29 is 14.3 Å². The Morgan fingerprint density at radius 2 is 1.76 bits per heavy atom. The summed E-state index contributed by atoms with van der Waals surface area (Å²) in [6.45, 7) is 24.1. The molecule has 3 aliphatic carbocycles. The zero-order valence-electron chi connectivity index (χ0n) is 26.0. The molecule has 1 amide bonds. The second-order valence-corrected chi connectivity index (χ2v) is 25.6. The van der Waals surface area contributed by atoms with Crippen LogP contribution in [0.15, 0.2) is 0 Å². The first-order valence-electron chi connectivity index (χ1n) is 15.6. The molecule has 1 saturated heterocycles. The Labute approximate surface area is 230 Å². The largest absolute Gasteiger partial charge is 0.405 e. The molecule has 3 saturated carbocycles.